The maximum atomic E-state index is 5.29. The van der Waals surface area contributed by atoms with Gasteiger partial charge in [-0.05, 0) is 72.3 Å². The van der Waals surface area contributed by atoms with Crippen molar-refractivity contribution >= 4 is 29.9 Å². The number of guanidine groups is 1. The largest absolute Gasteiger partial charge is 0.357 e. The number of aliphatic imine (C=N–C) groups is 1. The summed E-state index contributed by atoms with van der Waals surface area (Å²) in [4.78, 5) is 15.7. The van der Waals surface area contributed by atoms with Gasteiger partial charge >= 0.3 is 0 Å². The molecule has 4 aliphatic rings. The van der Waals surface area contributed by atoms with Crippen molar-refractivity contribution in [1.82, 2.24) is 24.9 Å². The molecule has 0 aromatic carbocycles. The summed E-state index contributed by atoms with van der Waals surface area (Å²) in [6.45, 7) is 13.5. The first-order chi connectivity index (χ1) is 14.2. The molecule has 30 heavy (non-hydrogen) atoms. The van der Waals surface area contributed by atoms with Crippen LogP contribution in [0.4, 0.5) is 0 Å². The second kappa shape index (κ2) is 11.5. The van der Waals surface area contributed by atoms with E-state index in [0.29, 0.717) is 6.04 Å². The van der Waals surface area contributed by atoms with Gasteiger partial charge in [-0.3, -0.25) is 14.8 Å². The zero-order valence-electron chi connectivity index (χ0n) is 19.2. The summed E-state index contributed by atoms with van der Waals surface area (Å²) in [6, 6.07) is 0.674. The van der Waals surface area contributed by atoms with Crippen LogP contribution in [0.15, 0.2) is 17.1 Å². The Morgan fingerprint density at radius 2 is 1.73 bits per heavy atom. The van der Waals surface area contributed by atoms with Crippen LogP contribution in [0.25, 0.3) is 0 Å². The zero-order valence-corrected chi connectivity index (χ0v) is 21.5. The van der Waals surface area contributed by atoms with Gasteiger partial charge in [-0.2, -0.15) is 0 Å². The number of likely N-dealkylation sites (tertiary alicyclic amines) is 3. The maximum Gasteiger partial charge on any atom is 0.194 e. The van der Waals surface area contributed by atoms with E-state index >= 15 is 0 Å². The van der Waals surface area contributed by atoms with Crippen LogP contribution < -0.4 is 5.32 Å². The average molecular weight is 531 g/mol. The highest BCUT2D eigenvalue weighted by atomic mass is 127. The van der Waals surface area contributed by atoms with E-state index in [1.807, 2.05) is 0 Å². The number of piperidine rings is 2. The van der Waals surface area contributed by atoms with Gasteiger partial charge < -0.3 is 15.1 Å². The average Bonchev–Trinajstić information content (AvgIpc) is 3.45. The van der Waals surface area contributed by atoms with Gasteiger partial charge in [0.1, 0.15) is 0 Å². The predicted molar refractivity (Wildman–Crippen MR) is 137 cm³/mol. The topological polar surface area (TPSA) is 37.4 Å². The second-order valence-electron chi connectivity index (χ2n) is 9.56. The summed E-state index contributed by atoms with van der Waals surface area (Å²) >= 11 is 0. The molecule has 0 saturated carbocycles. The van der Waals surface area contributed by atoms with E-state index in [2.05, 4.69) is 51.0 Å². The van der Waals surface area contributed by atoms with Crippen molar-refractivity contribution in [3.63, 3.8) is 0 Å². The molecule has 172 valence electrons. The third-order valence-corrected chi connectivity index (χ3v) is 7.63. The van der Waals surface area contributed by atoms with Gasteiger partial charge in [0.25, 0.3) is 0 Å². The summed E-state index contributed by atoms with van der Waals surface area (Å²) < 4.78 is 0. The molecule has 0 radical (unpaired) electrons. The Kier molecular flexibility index (Phi) is 9.28. The van der Waals surface area contributed by atoms with Crippen molar-refractivity contribution in [2.24, 2.45) is 4.99 Å². The number of hydrogen-bond acceptors (Lipinski definition) is 4. The summed E-state index contributed by atoms with van der Waals surface area (Å²) in [6.07, 6.45) is 12.5. The second-order valence-corrected chi connectivity index (χ2v) is 9.56. The summed E-state index contributed by atoms with van der Waals surface area (Å²) in [5.74, 6) is 1.15. The van der Waals surface area contributed by atoms with Crippen molar-refractivity contribution in [1.29, 1.82) is 0 Å². The number of halogens is 1. The fourth-order valence-electron chi connectivity index (χ4n) is 5.65. The van der Waals surface area contributed by atoms with Gasteiger partial charge in [0, 0.05) is 44.3 Å². The van der Waals surface area contributed by atoms with Crippen molar-refractivity contribution in [3.8, 4) is 0 Å². The lowest BCUT2D eigenvalue weighted by Gasteiger charge is -2.49. The van der Waals surface area contributed by atoms with E-state index in [1.54, 1.807) is 0 Å². The lowest BCUT2D eigenvalue weighted by atomic mass is 9.84. The van der Waals surface area contributed by atoms with Crippen LogP contribution >= 0.6 is 24.0 Å². The highest BCUT2D eigenvalue weighted by Gasteiger charge is 2.40. The van der Waals surface area contributed by atoms with E-state index in [9.17, 15) is 0 Å². The minimum absolute atomic E-state index is 0. The molecule has 6 nitrogen and oxygen atoms in total. The van der Waals surface area contributed by atoms with E-state index < -0.39 is 0 Å². The molecule has 7 heteroatoms. The molecule has 0 aromatic rings. The monoisotopic (exact) mass is 530 g/mol. The smallest absolute Gasteiger partial charge is 0.194 e. The van der Waals surface area contributed by atoms with Gasteiger partial charge in [-0.25, -0.2) is 0 Å². The molecule has 0 aromatic heterocycles. The Bertz CT molecular complexity index is 572. The van der Waals surface area contributed by atoms with E-state index in [-0.39, 0.29) is 29.5 Å². The van der Waals surface area contributed by atoms with E-state index in [4.69, 9.17) is 4.99 Å². The number of nitrogens with zero attached hydrogens (tertiary/aromatic N) is 5. The molecule has 0 aliphatic carbocycles. The van der Waals surface area contributed by atoms with Gasteiger partial charge in [0.15, 0.2) is 5.96 Å². The minimum atomic E-state index is 0. The van der Waals surface area contributed by atoms with Crippen molar-refractivity contribution in [2.75, 3.05) is 72.5 Å². The molecular formula is C23H43IN6. The fourth-order valence-corrected chi connectivity index (χ4v) is 5.65. The molecule has 4 aliphatic heterocycles. The number of nitrogens with one attached hydrogen (secondary N) is 1. The summed E-state index contributed by atoms with van der Waals surface area (Å²) in [7, 11) is 2.27. The first kappa shape index (κ1) is 24.3. The standard InChI is InChI=1S/C23H42N6.HI/c1-3-24-22(28-16-9-21(19-28)27-12-7-8-13-27)25-20-23(10-17-26(2)18-11-23)29-14-5-4-6-15-29;/h7-8,21H,3-6,9-20H2,1-2H3,(H,24,25);1H. The Labute approximate surface area is 201 Å². The Morgan fingerprint density at radius 3 is 2.40 bits per heavy atom. The molecule has 4 heterocycles. The van der Waals surface area contributed by atoms with Crippen LogP contribution in [-0.4, -0.2) is 110 Å². The quantitative estimate of drug-likeness (QED) is 0.256. The molecule has 0 amide bonds. The van der Waals surface area contributed by atoms with Crippen molar-refractivity contribution < 1.29 is 0 Å². The van der Waals surface area contributed by atoms with Gasteiger partial charge in [-0.15, -0.1) is 24.0 Å². The maximum absolute atomic E-state index is 5.29. The molecule has 1 N–H and O–H groups in total. The first-order valence-electron chi connectivity index (χ1n) is 12.1. The Balaban J connectivity index is 0.00000256. The molecule has 0 bridgehead atoms. The van der Waals surface area contributed by atoms with Crippen LogP contribution in [0.2, 0.25) is 0 Å². The Morgan fingerprint density at radius 1 is 1.03 bits per heavy atom. The lowest BCUT2D eigenvalue weighted by Crippen LogP contribution is -2.58. The van der Waals surface area contributed by atoms with E-state index in [1.165, 1.54) is 64.7 Å². The fraction of sp³-hybridized carbons (Fsp3) is 0.870. The molecule has 0 spiro atoms. The lowest BCUT2D eigenvalue weighted by molar-refractivity contribution is 0.0206. The molecule has 1 unspecified atom stereocenters. The predicted octanol–water partition coefficient (Wildman–Crippen LogP) is 2.47. The minimum Gasteiger partial charge on any atom is -0.357 e. The van der Waals surface area contributed by atoms with Gasteiger partial charge in [-0.1, -0.05) is 18.6 Å². The number of rotatable bonds is 5. The van der Waals surface area contributed by atoms with Crippen LogP contribution in [0.3, 0.4) is 0 Å². The third kappa shape index (κ3) is 5.70. The van der Waals surface area contributed by atoms with Crippen LogP contribution in [0, 0.1) is 0 Å². The van der Waals surface area contributed by atoms with Crippen LogP contribution in [0.1, 0.15) is 45.4 Å². The van der Waals surface area contributed by atoms with Gasteiger partial charge in [0.2, 0.25) is 0 Å². The molecule has 3 saturated heterocycles. The van der Waals surface area contributed by atoms with Crippen LogP contribution in [-0.2, 0) is 0 Å². The van der Waals surface area contributed by atoms with E-state index in [0.717, 1.165) is 45.2 Å². The molecular weight excluding hydrogens is 487 g/mol. The highest BCUT2D eigenvalue weighted by Crippen LogP contribution is 2.32. The van der Waals surface area contributed by atoms with Crippen LogP contribution in [0.5, 0.6) is 0 Å². The SMILES string of the molecule is CCNC(=NCC1(N2CCCCC2)CCN(C)CC1)N1CCC(N2CC=CC2)C1.I. The zero-order chi connectivity index (χ0) is 20.1. The Hall–Kier alpha value is -0.380. The van der Waals surface area contributed by atoms with Crippen molar-refractivity contribution in [3.05, 3.63) is 12.2 Å². The summed E-state index contributed by atoms with van der Waals surface area (Å²) in [5.41, 5.74) is 0.269. The highest BCUT2D eigenvalue weighted by molar-refractivity contribution is 14.0. The summed E-state index contributed by atoms with van der Waals surface area (Å²) in [5, 5.41) is 3.62. The van der Waals surface area contributed by atoms with Gasteiger partial charge in [0.05, 0.1) is 6.54 Å². The molecule has 3 fully saturated rings. The molecule has 1 atom stereocenters. The molecule has 4 rings (SSSR count). The first-order valence-corrected chi connectivity index (χ1v) is 12.1. The third-order valence-electron chi connectivity index (χ3n) is 7.63. The van der Waals surface area contributed by atoms with Crippen molar-refractivity contribution in [2.45, 2.75) is 57.0 Å². The normalized spacial score (nSPS) is 28.7. The number of hydrogen-bond donors (Lipinski definition) is 1.